The number of aliphatic carboxylic acids is 1. The van der Waals surface area contributed by atoms with Crippen molar-refractivity contribution in [2.75, 3.05) is 6.54 Å². The van der Waals surface area contributed by atoms with Crippen molar-refractivity contribution in [2.24, 2.45) is 5.73 Å². The zero-order valence-corrected chi connectivity index (χ0v) is 21.4. The number of hydrogen-bond donors (Lipinski definition) is 3. The largest absolute Gasteiger partial charge is 0.480 e. The maximum absolute atomic E-state index is 11.1. The molecule has 0 unspecified atom stereocenters. The third kappa shape index (κ3) is 24.0. The van der Waals surface area contributed by atoms with E-state index >= 15 is 0 Å². The van der Waals surface area contributed by atoms with E-state index in [0.717, 1.165) is 12.8 Å². The average molecular weight is 422 g/mol. The van der Waals surface area contributed by atoms with Gasteiger partial charge in [-0.25, -0.2) is 0 Å². The van der Waals surface area contributed by atoms with E-state index in [0.29, 0.717) is 6.54 Å². The van der Waals surface area contributed by atoms with Gasteiger partial charge >= 0.3 is 5.97 Å². The van der Waals surface area contributed by atoms with Crippen LogP contribution in [0.2, 0.25) is 0 Å². The van der Waals surface area contributed by atoms with Gasteiger partial charge in [0.2, 0.25) is 5.91 Å². The maximum atomic E-state index is 11.1. The van der Waals surface area contributed by atoms with Crippen molar-refractivity contribution < 1.29 is 14.7 Å². The summed E-state index contributed by atoms with van der Waals surface area (Å²) in [5.74, 6) is -1.35. The van der Waals surface area contributed by atoms with Gasteiger partial charge in [-0.1, -0.05) is 103 Å². The minimum atomic E-state index is -0.905. The molecule has 0 aromatic carbocycles. The first-order valence-electron chi connectivity index (χ1n) is 11.8. The number of carboxylic acid groups (broad SMARTS) is 1. The number of carbonyl (C=O) groups excluding carboxylic acids is 1. The molecular weight excluding hydrogens is 375 g/mol. The van der Waals surface area contributed by atoms with E-state index in [1.165, 1.54) is 89.9 Å². The van der Waals surface area contributed by atoms with E-state index in [-0.39, 0.29) is 42.4 Å². The number of carbonyl (C=O) groups is 2. The summed E-state index contributed by atoms with van der Waals surface area (Å²) in [5.41, 5.74) is 5.08. The summed E-state index contributed by atoms with van der Waals surface area (Å²) in [6, 6.07) is -0.663. The number of amides is 1. The zero-order valence-electron chi connectivity index (χ0n) is 19.4. The Labute approximate surface area is 201 Å². The fraction of sp³-hybridized carbons (Fsp3) is 0.913. The number of carboxylic acids is 1. The summed E-state index contributed by atoms with van der Waals surface area (Å²) in [7, 11) is 0. The molecule has 0 saturated heterocycles. The number of hydrogen-bond acceptors (Lipinski definition) is 3. The molecule has 1 radical (unpaired) electrons. The van der Waals surface area contributed by atoms with Gasteiger partial charge in [-0.2, -0.15) is 0 Å². The quantitative estimate of drug-likeness (QED) is 0.166. The summed E-state index contributed by atoms with van der Waals surface area (Å²) in [6.07, 6.45) is 21.7. The van der Waals surface area contributed by atoms with E-state index < -0.39 is 17.9 Å². The third-order valence-electron chi connectivity index (χ3n) is 5.40. The van der Waals surface area contributed by atoms with Crippen LogP contribution < -0.4 is 11.1 Å². The number of unbranched alkanes of at least 4 members (excludes halogenated alkanes) is 15. The molecule has 0 saturated carbocycles. The Hall–Kier alpha value is -0.100. The normalized spacial score (nSPS) is 11.8. The number of nitrogens with one attached hydrogen (secondary N) is 1. The molecule has 1 atom stereocenters. The number of primary amides is 1. The van der Waals surface area contributed by atoms with Crippen LogP contribution in [0.5, 0.6) is 0 Å². The van der Waals surface area contributed by atoms with Gasteiger partial charge in [0.25, 0.3) is 0 Å². The summed E-state index contributed by atoms with van der Waals surface area (Å²) < 4.78 is 0. The predicted molar refractivity (Wildman–Crippen MR) is 123 cm³/mol. The molecular formula is C23H46N2NaO3. The first-order valence-corrected chi connectivity index (χ1v) is 11.8. The molecule has 0 bridgehead atoms. The average Bonchev–Trinajstić information content (AvgIpc) is 2.66. The second-order valence-electron chi connectivity index (χ2n) is 8.15. The molecule has 5 nitrogen and oxygen atoms in total. The molecule has 167 valence electrons. The predicted octanol–water partition coefficient (Wildman–Crippen LogP) is 5.18. The van der Waals surface area contributed by atoms with Gasteiger partial charge in [0.15, 0.2) is 0 Å². The van der Waals surface area contributed by atoms with Crippen molar-refractivity contribution in [1.29, 1.82) is 0 Å². The van der Waals surface area contributed by atoms with Crippen LogP contribution in [0.3, 0.4) is 0 Å². The first kappa shape index (κ1) is 31.1. The minimum absolute atomic E-state index is 0. The van der Waals surface area contributed by atoms with Gasteiger partial charge in [-0.05, 0) is 19.4 Å². The summed E-state index contributed by atoms with van der Waals surface area (Å²) in [6.45, 7) is 2.96. The molecule has 0 aliphatic rings. The number of nitrogens with two attached hydrogens (primary N) is 1. The molecule has 29 heavy (non-hydrogen) atoms. The van der Waals surface area contributed by atoms with Gasteiger partial charge in [0.05, 0.1) is 0 Å². The van der Waals surface area contributed by atoms with E-state index in [9.17, 15) is 9.59 Å². The molecule has 0 spiro atoms. The Morgan fingerprint density at radius 1 is 0.759 bits per heavy atom. The Morgan fingerprint density at radius 3 is 1.48 bits per heavy atom. The van der Waals surface area contributed by atoms with Crippen molar-refractivity contribution in [3.8, 4) is 0 Å². The van der Waals surface area contributed by atoms with Gasteiger partial charge in [0.1, 0.15) is 6.04 Å². The van der Waals surface area contributed by atoms with E-state index in [2.05, 4.69) is 12.2 Å². The van der Waals surface area contributed by atoms with Crippen LogP contribution in [0.25, 0.3) is 0 Å². The topological polar surface area (TPSA) is 92.4 Å². The molecule has 6 heteroatoms. The van der Waals surface area contributed by atoms with Crippen molar-refractivity contribution in [3.63, 3.8) is 0 Å². The third-order valence-corrected chi connectivity index (χ3v) is 5.40. The van der Waals surface area contributed by atoms with E-state index in [1.54, 1.807) is 0 Å². The molecule has 0 aliphatic carbocycles. The molecule has 0 heterocycles. The van der Waals surface area contributed by atoms with E-state index in [1.807, 2.05) is 0 Å². The van der Waals surface area contributed by atoms with Crippen LogP contribution in [0.1, 0.15) is 122 Å². The van der Waals surface area contributed by atoms with Crippen LogP contribution in [0.4, 0.5) is 0 Å². The molecule has 1 amide bonds. The summed E-state index contributed by atoms with van der Waals surface area (Å²) in [5, 5.41) is 12.1. The van der Waals surface area contributed by atoms with Crippen LogP contribution in [0, 0.1) is 0 Å². The molecule has 0 aromatic heterocycles. The Morgan fingerprint density at radius 2 is 1.14 bits per heavy atom. The fourth-order valence-corrected chi connectivity index (χ4v) is 3.55. The summed E-state index contributed by atoms with van der Waals surface area (Å²) in [4.78, 5) is 21.9. The molecule has 0 fully saturated rings. The van der Waals surface area contributed by atoms with E-state index in [4.69, 9.17) is 10.8 Å². The fourth-order valence-electron chi connectivity index (χ4n) is 3.55. The van der Waals surface area contributed by atoms with Crippen LogP contribution in [-0.4, -0.2) is 59.1 Å². The van der Waals surface area contributed by atoms with Crippen molar-refractivity contribution in [3.05, 3.63) is 0 Å². The molecule has 4 N–H and O–H groups in total. The number of rotatable bonds is 22. The van der Waals surface area contributed by atoms with Gasteiger partial charge < -0.3 is 16.2 Å². The standard InChI is InChI=1S/C23H46N2O3.Na/c1-2-3-4-5-6-7-8-9-10-11-12-13-14-15-16-17-20-25-21(23(27)28)18-19-22(24)26;/h21,25H,2-20H2,1H3,(H2,24,26)(H,27,28);/t21-;/m0./s1. The van der Waals surface area contributed by atoms with Gasteiger partial charge in [-0.15, -0.1) is 0 Å². The maximum Gasteiger partial charge on any atom is 0.320 e. The Kier molecular flexibility index (Phi) is 25.9. The minimum Gasteiger partial charge on any atom is -0.480 e. The van der Waals surface area contributed by atoms with Gasteiger partial charge in [0, 0.05) is 36.0 Å². The van der Waals surface area contributed by atoms with Crippen LogP contribution in [-0.2, 0) is 9.59 Å². The van der Waals surface area contributed by atoms with Crippen molar-refractivity contribution in [2.45, 2.75) is 129 Å². The van der Waals surface area contributed by atoms with Gasteiger partial charge in [-0.3, -0.25) is 9.59 Å². The van der Waals surface area contributed by atoms with Crippen LogP contribution >= 0.6 is 0 Å². The molecule has 0 aliphatic heterocycles. The SMILES string of the molecule is CCCCCCCCCCCCCCCCCCN[C@@H](CCC(N)=O)C(=O)O.[Na]. The Bertz CT molecular complexity index is 381. The monoisotopic (exact) mass is 421 g/mol. The van der Waals surface area contributed by atoms with Crippen molar-refractivity contribution >= 4 is 41.4 Å². The molecule has 0 rings (SSSR count). The Balaban J connectivity index is 0. The van der Waals surface area contributed by atoms with Crippen LogP contribution in [0.15, 0.2) is 0 Å². The first-order chi connectivity index (χ1) is 13.6. The van der Waals surface area contributed by atoms with Crippen molar-refractivity contribution in [1.82, 2.24) is 5.32 Å². The molecule has 0 aromatic rings. The zero-order chi connectivity index (χ0) is 20.9. The second-order valence-corrected chi connectivity index (χ2v) is 8.15. The smallest absolute Gasteiger partial charge is 0.320 e. The summed E-state index contributed by atoms with van der Waals surface area (Å²) >= 11 is 0. The second kappa shape index (κ2) is 24.2.